The number of aromatic nitrogens is 2. The molecule has 13 heteroatoms. The fourth-order valence-electron chi connectivity index (χ4n) is 3.55. The van der Waals surface area contributed by atoms with Crippen molar-refractivity contribution in [1.29, 1.82) is 0 Å². The van der Waals surface area contributed by atoms with Crippen LogP contribution in [0.5, 0.6) is 5.75 Å². The molecule has 0 aliphatic carbocycles. The summed E-state index contributed by atoms with van der Waals surface area (Å²) in [6, 6.07) is 3.30. The molecule has 6 N–H and O–H groups in total. The van der Waals surface area contributed by atoms with Crippen LogP contribution in [0.3, 0.4) is 0 Å². The van der Waals surface area contributed by atoms with Gasteiger partial charge < -0.3 is 25.9 Å². The molecular weight excluding hydrogens is 466 g/mol. The maximum Gasteiger partial charge on any atom is 0.322 e. The molecule has 1 aromatic carbocycles. The number of carboxylic acid groups (broad SMARTS) is 1. The SMILES string of the molecule is CCCCS(=O)(=O)N[C@@H](Cc1ccc2c(c1)NC(=O)[C@@H](CC(C(N)=O)c1ncc[nH]1)O2)C(=O)O. The third-order valence-corrected chi connectivity index (χ3v) is 6.80. The van der Waals surface area contributed by atoms with Gasteiger partial charge in [0.05, 0.1) is 17.4 Å². The Kier molecular flexibility index (Phi) is 7.89. The van der Waals surface area contributed by atoms with Gasteiger partial charge in [0.15, 0.2) is 6.10 Å². The van der Waals surface area contributed by atoms with Gasteiger partial charge in [0, 0.05) is 18.8 Å². The van der Waals surface area contributed by atoms with Crippen molar-refractivity contribution in [2.45, 2.75) is 50.7 Å². The minimum Gasteiger partial charge on any atom is -0.480 e. The van der Waals surface area contributed by atoms with E-state index < -0.39 is 45.9 Å². The minimum atomic E-state index is -3.75. The van der Waals surface area contributed by atoms with Crippen LogP contribution in [-0.4, -0.2) is 59.2 Å². The van der Waals surface area contributed by atoms with E-state index >= 15 is 0 Å². The number of benzene rings is 1. The van der Waals surface area contributed by atoms with Crippen LogP contribution >= 0.6 is 0 Å². The van der Waals surface area contributed by atoms with Gasteiger partial charge >= 0.3 is 5.97 Å². The largest absolute Gasteiger partial charge is 0.480 e. The van der Waals surface area contributed by atoms with Crippen molar-refractivity contribution in [3.05, 3.63) is 42.0 Å². The quantitative estimate of drug-likeness (QED) is 0.282. The first kappa shape index (κ1) is 25.2. The topological polar surface area (TPSA) is 194 Å². The predicted octanol–water partition coefficient (Wildman–Crippen LogP) is 0.484. The normalized spacial score (nSPS) is 17.2. The van der Waals surface area contributed by atoms with Crippen LogP contribution in [0, 0.1) is 0 Å². The first-order chi connectivity index (χ1) is 16.1. The lowest BCUT2D eigenvalue weighted by molar-refractivity contribution is -0.139. The third kappa shape index (κ3) is 6.32. The molecule has 0 radical (unpaired) electrons. The van der Waals surface area contributed by atoms with Crippen LogP contribution in [0.25, 0.3) is 0 Å². The highest BCUT2D eigenvalue weighted by Gasteiger charge is 2.34. The van der Waals surface area contributed by atoms with Gasteiger partial charge in [-0.05, 0) is 30.5 Å². The van der Waals surface area contributed by atoms with E-state index in [2.05, 4.69) is 20.0 Å². The summed E-state index contributed by atoms with van der Waals surface area (Å²) in [4.78, 5) is 42.9. The van der Waals surface area contributed by atoms with Gasteiger partial charge in [-0.3, -0.25) is 14.4 Å². The lowest BCUT2D eigenvalue weighted by Crippen LogP contribution is -2.43. The molecule has 2 aromatic rings. The molecule has 0 fully saturated rings. The Balaban J connectivity index is 1.72. The summed E-state index contributed by atoms with van der Waals surface area (Å²) in [7, 11) is -3.75. The molecule has 34 heavy (non-hydrogen) atoms. The van der Waals surface area contributed by atoms with Crippen molar-refractivity contribution in [3.8, 4) is 5.75 Å². The van der Waals surface area contributed by atoms with E-state index in [0.717, 1.165) is 0 Å². The number of aliphatic carboxylic acids is 1. The second-order valence-electron chi connectivity index (χ2n) is 7.98. The Morgan fingerprint density at radius 1 is 1.35 bits per heavy atom. The van der Waals surface area contributed by atoms with E-state index in [0.29, 0.717) is 35.7 Å². The Hall–Kier alpha value is -3.45. The van der Waals surface area contributed by atoms with E-state index in [1.165, 1.54) is 18.5 Å². The van der Waals surface area contributed by atoms with Crippen LogP contribution in [0.2, 0.25) is 0 Å². The molecule has 3 atom stereocenters. The number of sulfonamides is 1. The zero-order valence-electron chi connectivity index (χ0n) is 18.5. The second-order valence-corrected chi connectivity index (χ2v) is 9.85. The number of fused-ring (bicyclic) bond motifs is 1. The second kappa shape index (κ2) is 10.7. The molecule has 1 aliphatic heterocycles. The molecule has 2 heterocycles. The number of primary amides is 1. The van der Waals surface area contributed by atoms with Crippen LogP contribution < -0.4 is 20.5 Å². The number of unbranched alkanes of at least 4 members (excludes halogenated alkanes) is 1. The summed E-state index contributed by atoms with van der Waals surface area (Å²) in [5.74, 6) is -2.84. The van der Waals surface area contributed by atoms with E-state index in [9.17, 15) is 27.9 Å². The summed E-state index contributed by atoms with van der Waals surface area (Å²) in [6.45, 7) is 1.84. The number of aromatic amines is 1. The first-order valence-corrected chi connectivity index (χ1v) is 12.4. The Labute approximate surface area is 196 Å². The number of carbonyl (C=O) groups is 3. The molecule has 12 nitrogen and oxygen atoms in total. The maximum atomic E-state index is 12.6. The Morgan fingerprint density at radius 2 is 2.12 bits per heavy atom. The predicted molar refractivity (Wildman–Crippen MR) is 122 cm³/mol. The molecule has 0 spiro atoms. The van der Waals surface area contributed by atoms with Crippen LogP contribution in [0.1, 0.15) is 43.5 Å². The van der Waals surface area contributed by atoms with Gasteiger partial charge in [0.2, 0.25) is 15.9 Å². The average Bonchev–Trinajstić information content (AvgIpc) is 3.30. The smallest absolute Gasteiger partial charge is 0.322 e. The summed E-state index contributed by atoms with van der Waals surface area (Å²) < 4.78 is 32.3. The van der Waals surface area contributed by atoms with Gasteiger partial charge in [-0.1, -0.05) is 19.4 Å². The number of rotatable bonds is 12. The minimum absolute atomic E-state index is 0.0313. The van der Waals surface area contributed by atoms with Crippen LogP contribution in [-0.2, 0) is 30.8 Å². The van der Waals surface area contributed by atoms with Gasteiger partial charge in [-0.2, -0.15) is 0 Å². The van der Waals surface area contributed by atoms with E-state index in [1.54, 1.807) is 12.1 Å². The first-order valence-electron chi connectivity index (χ1n) is 10.7. The lowest BCUT2D eigenvalue weighted by Gasteiger charge is -2.28. The highest BCUT2D eigenvalue weighted by atomic mass is 32.2. The van der Waals surface area contributed by atoms with E-state index in [-0.39, 0.29) is 18.6 Å². The van der Waals surface area contributed by atoms with Gasteiger partial charge in [0.1, 0.15) is 17.6 Å². The average molecular weight is 494 g/mol. The Bertz CT molecular complexity index is 1150. The van der Waals surface area contributed by atoms with Crippen LogP contribution in [0.15, 0.2) is 30.6 Å². The number of ether oxygens (including phenoxy) is 1. The molecule has 0 bridgehead atoms. The molecule has 1 aromatic heterocycles. The molecule has 3 rings (SSSR count). The van der Waals surface area contributed by atoms with Gasteiger partial charge in [0.25, 0.3) is 5.91 Å². The van der Waals surface area contributed by atoms with Gasteiger partial charge in [-0.15, -0.1) is 0 Å². The monoisotopic (exact) mass is 493 g/mol. The number of nitrogens with one attached hydrogen (secondary N) is 3. The number of hydrogen-bond donors (Lipinski definition) is 5. The zero-order chi connectivity index (χ0) is 24.9. The van der Waals surface area contributed by atoms with Crippen molar-refractivity contribution in [2.75, 3.05) is 11.1 Å². The molecule has 0 saturated carbocycles. The number of H-pyrrole nitrogens is 1. The summed E-state index contributed by atoms with van der Waals surface area (Å²) in [5.41, 5.74) is 6.26. The fourth-order valence-corrected chi connectivity index (χ4v) is 4.95. The maximum absolute atomic E-state index is 12.6. The van der Waals surface area contributed by atoms with E-state index in [4.69, 9.17) is 10.5 Å². The number of nitrogens with zero attached hydrogens (tertiary/aromatic N) is 1. The lowest BCUT2D eigenvalue weighted by atomic mass is 9.98. The van der Waals surface area contributed by atoms with Crippen molar-refractivity contribution < 1.29 is 32.6 Å². The highest BCUT2D eigenvalue weighted by molar-refractivity contribution is 7.89. The van der Waals surface area contributed by atoms with E-state index in [1.807, 2.05) is 6.92 Å². The number of amides is 2. The summed E-state index contributed by atoms with van der Waals surface area (Å²) in [6.07, 6.45) is 2.92. The molecule has 2 amide bonds. The standard InChI is InChI=1S/C21H27N5O7S/c1-2-3-8-34(31,32)26-15(21(29)30)10-12-4-5-16-14(9-12)25-20(28)17(33-16)11-13(18(22)27)19-23-6-7-24-19/h4-7,9,13,15,17,26H,2-3,8,10-11H2,1H3,(H2,22,27)(H,23,24)(H,25,28)(H,29,30)/t13?,15-,17+/m0/s1. The Morgan fingerprint density at radius 3 is 2.74 bits per heavy atom. The van der Waals surface area contributed by atoms with Crippen LogP contribution in [0.4, 0.5) is 5.69 Å². The molecular formula is C21H27N5O7S. The summed E-state index contributed by atoms with van der Waals surface area (Å²) in [5, 5.41) is 12.2. The highest BCUT2D eigenvalue weighted by Crippen LogP contribution is 2.33. The number of imidazole rings is 1. The number of hydrogen-bond acceptors (Lipinski definition) is 7. The van der Waals surface area contributed by atoms with Crippen molar-refractivity contribution in [2.24, 2.45) is 5.73 Å². The number of carbonyl (C=O) groups excluding carboxylic acids is 2. The van der Waals surface area contributed by atoms with Crippen molar-refractivity contribution in [3.63, 3.8) is 0 Å². The number of anilines is 1. The zero-order valence-corrected chi connectivity index (χ0v) is 19.3. The molecule has 1 unspecified atom stereocenters. The van der Waals surface area contributed by atoms with Crippen molar-refractivity contribution in [1.82, 2.24) is 14.7 Å². The molecule has 0 saturated heterocycles. The number of carboxylic acids is 1. The third-order valence-electron chi connectivity index (χ3n) is 5.33. The van der Waals surface area contributed by atoms with Gasteiger partial charge in [-0.25, -0.2) is 18.1 Å². The summed E-state index contributed by atoms with van der Waals surface area (Å²) >= 11 is 0. The van der Waals surface area contributed by atoms with Crippen molar-refractivity contribution >= 4 is 33.5 Å². The fraction of sp³-hybridized carbons (Fsp3) is 0.429. The molecule has 184 valence electrons. The number of nitrogens with two attached hydrogens (primary N) is 1. The molecule has 1 aliphatic rings.